The minimum atomic E-state index is -0.560. The van der Waals surface area contributed by atoms with Crippen LogP contribution in [0.4, 0.5) is 0 Å². The van der Waals surface area contributed by atoms with Crippen molar-refractivity contribution in [1.29, 1.82) is 0 Å². The maximum absolute atomic E-state index is 12.5. The summed E-state index contributed by atoms with van der Waals surface area (Å²) >= 11 is 0. The molecule has 4 rings (SSSR count). The van der Waals surface area contributed by atoms with Crippen LogP contribution in [0, 0.1) is 0 Å². The fraction of sp³-hybridized carbons (Fsp3) is 0.320. The highest BCUT2D eigenvalue weighted by atomic mass is 16.5. The smallest absolute Gasteiger partial charge is 0.261 e. The molecule has 0 saturated carbocycles. The van der Waals surface area contributed by atoms with Gasteiger partial charge in [-0.15, -0.1) is 0 Å². The van der Waals surface area contributed by atoms with E-state index < -0.39 is 6.10 Å². The van der Waals surface area contributed by atoms with Crippen molar-refractivity contribution in [1.82, 2.24) is 10.2 Å². The Labute approximate surface area is 172 Å². The number of rotatable bonds is 7. The van der Waals surface area contributed by atoms with Crippen LogP contribution < -0.4 is 10.1 Å². The number of benzene rings is 3. The van der Waals surface area contributed by atoms with E-state index in [9.17, 15) is 4.79 Å². The normalized spacial score (nSPS) is 15.3. The lowest BCUT2D eigenvalue weighted by atomic mass is 10.1. The maximum atomic E-state index is 12.5. The second-order valence-electron chi connectivity index (χ2n) is 7.75. The lowest BCUT2D eigenvalue weighted by Crippen LogP contribution is -2.35. The molecule has 0 aliphatic carbocycles. The summed E-state index contributed by atoms with van der Waals surface area (Å²) < 4.78 is 5.95. The van der Waals surface area contributed by atoms with Gasteiger partial charge in [0.05, 0.1) is 0 Å². The number of nitrogens with one attached hydrogen (secondary N) is 1. The van der Waals surface area contributed by atoms with Crippen molar-refractivity contribution in [3.05, 3.63) is 77.9 Å². The highest BCUT2D eigenvalue weighted by molar-refractivity contribution is 5.89. The number of carbonyl (C=O) groups excluding carboxylic acids is 1. The van der Waals surface area contributed by atoms with E-state index in [4.69, 9.17) is 4.74 Å². The lowest BCUT2D eigenvalue weighted by molar-refractivity contribution is -0.127. The van der Waals surface area contributed by atoms with E-state index in [1.807, 2.05) is 42.5 Å². The average molecular weight is 389 g/mol. The van der Waals surface area contributed by atoms with E-state index in [0.717, 1.165) is 28.6 Å². The Kier molecular flexibility index (Phi) is 6.11. The largest absolute Gasteiger partial charge is 0.480 e. The molecule has 150 valence electrons. The molecule has 1 saturated heterocycles. The Bertz CT molecular complexity index is 957. The standard InChI is InChI=1S/C25H28N2O2/c1-19(29-24-10-6-8-22-7-2-3-9-23(22)24)25(28)26-17-20-11-13-21(14-12-20)18-27-15-4-5-16-27/h2-3,6-14,19H,4-5,15-18H2,1H3,(H,26,28)/t19-/m0/s1. The van der Waals surface area contributed by atoms with E-state index in [0.29, 0.717) is 6.54 Å². The third-order valence-corrected chi connectivity index (χ3v) is 5.52. The maximum Gasteiger partial charge on any atom is 0.261 e. The molecule has 1 aliphatic rings. The van der Waals surface area contributed by atoms with Crippen LogP contribution in [-0.2, 0) is 17.9 Å². The topological polar surface area (TPSA) is 41.6 Å². The first kappa shape index (κ1) is 19.5. The van der Waals surface area contributed by atoms with E-state index in [1.165, 1.54) is 31.5 Å². The number of amides is 1. The molecular formula is C25H28N2O2. The van der Waals surface area contributed by atoms with Crippen LogP contribution in [0.25, 0.3) is 10.8 Å². The molecule has 1 atom stereocenters. The second-order valence-corrected chi connectivity index (χ2v) is 7.75. The summed E-state index contributed by atoms with van der Waals surface area (Å²) in [6, 6.07) is 22.5. The molecule has 1 fully saturated rings. The van der Waals surface area contributed by atoms with Crippen LogP contribution in [-0.4, -0.2) is 30.0 Å². The van der Waals surface area contributed by atoms with Crippen molar-refractivity contribution in [2.24, 2.45) is 0 Å². The molecule has 1 heterocycles. The fourth-order valence-corrected chi connectivity index (χ4v) is 3.84. The predicted molar refractivity (Wildman–Crippen MR) is 117 cm³/mol. The molecule has 0 bridgehead atoms. The van der Waals surface area contributed by atoms with E-state index >= 15 is 0 Å². The van der Waals surface area contributed by atoms with Gasteiger partial charge < -0.3 is 10.1 Å². The van der Waals surface area contributed by atoms with Crippen LogP contribution in [0.5, 0.6) is 5.75 Å². The zero-order chi connectivity index (χ0) is 20.1. The van der Waals surface area contributed by atoms with Gasteiger partial charge in [0.2, 0.25) is 0 Å². The summed E-state index contributed by atoms with van der Waals surface area (Å²) in [5.41, 5.74) is 2.43. The summed E-state index contributed by atoms with van der Waals surface area (Å²) in [5.74, 6) is 0.621. The number of hydrogen-bond donors (Lipinski definition) is 1. The lowest BCUT2D eigenvalue weighted by Gasteiger charge is -2.17. The summed E-state index contributed by atoms with van der Waals surface area (Å²) in [4.78, 5) is 15.0. The van der Waals surface area contributed by atoms with Crippen LogP contribution in [0.1, 0.15) is 30.9 Å². The molecule has 1 amide bonds. The highest BCUT2D eigenvalue weighted by Gasteiger charge is 2.16. The van der Waals surface area contributed by atoms with Crippen molar-refractivity contribution in [3.63, 3.8) is 0 Å². The summed E-state index contributed by atoms with van der Waals surface area (Å²) in [5, 5.41) is 5.11. The predicted octanol–water partition coefficient (Wildman–Crippen LogP) is 4.52. The average Bonchev–Trinajstić information content (AvgIpc) is 3.26. The highest BCUT2D eigenvalue weighted by Crippen LogP contribution is 2.26. The summed E-state index contributed by atoms with van der Waals surface area (Å²) in [6.45, 7) is 5.71. The molecule has 0 radical (unpaired) electrons. The number of carbonyl (C=O) groups is 1. The minimum absolute atomic E-state index is 0.112. The number of nitrogens with zero attached hydrogens (tertiary/aromatic N) is 1. The molecule has 1 N–H and O–H groups in total. The molecule has 29 heavy (non-hydrogen) atoms. The molecule has 4 nitrogen and oxygen atoms in total. The van der Waals surface area contributed by atoms with Crippen LogP contribution in [0.2, 0.25) is 0 Å². The van der Waals surface area contributed by atoms with Gasteiger partial charge in [-0.25, -0.2) is 0 Å². The summed E-state index contributed by atoms with van der Waals surface area (Å²) in [7, 11) is 0. The first-order valence-electron chi connectivity index (χ1n) is 10.4. The third-order valence-electron chi connectivity index (χ3n) is 5.52. The third kappa shape index (κ3) is 4.96. The zero-order valence-corrected chi connectivity index (χ0v) is 16.9. The number of hydrogen-bond acceptors (Lipinski definition) is 3. The van der Waals surface area contributed by atoms with Gasteiger partial charge in [0.25, 0.3) is 5.91 Å². The quantitative estimate of drug-likeness (QED) is 0.647. The van der Waals surface area contributed by atoms with Crippen molar-refractivity contribution in [2.45, 2.75) is 39.0 Å². The SMILES string of the molecule is C[C@H](Oc1cccc2ccccc12)C(=O)NCc1ccc(CN2CCCC2)cc1. The summed E-state index contributed by atoms with van der Waals surface area (Å²) in [6.07, 6.45) is 2.06. The Hall–Kier alpha value is -2.85. The Morgan fingerprint density at radius 2 is 1.66 bits per heavy atom. The van der Waals surface area contributed by atoms with Crippen LogP contribution in [0.3, 0.4) is 0 Å². The van der Waals surface area contributed by atoms with Crippen molar-refractivity contribution < 1.29 is 9.53 Å². The van der Waals surface area contributed by atoms with E-state index in [-0.39, 0.29) is 5.91 Å². The first-order chi connectivity index (χ1) is 14.2. The van der Waals surface area contributed by atoms with E-state index in [2.05, 4.69) is 34.5 Å². The molecular weight excluding hydrogens is 360 g/mol. The molecule has 3 aromatic carbocycles. The van der Waals surface area contributed by atoms with E-state index in [1.54, 1.807) is 6.92 Å². The molecule has 1 aliphatic heterocycles. The zero-order valence-electron chi connectivity index (χ0n) is 16.9. The molecule has 0 spiro atoms. The number of likely N-dealkylation sites (tertiary alicyclic amines) is 1. The van der Waals surface area contributed by atoms with Gasteiger partial charge in [-0.05, 0) is 55.4 Å². The van der Waals surface area contributed by atoms with Gasteiger partial charge in [0.1, 0.15) is 5.75 Å². The first-order valence-corrected chi connectivity index (χ1v) is 10.4. The van der Waals surface area contributed by atoms with Crippen LogP contribution in [0.15, 0.2) is 66.7 Å². The Morgan fingerprint density at radius 1 is 0.966 bits per heavy atom. The van der Waals surface area contributed by atoms with Gasteiger partial charge >= 0.3 is 0 Å². The van der Waals surface area contributed by atoms with Gasteiger partial charge in [-0.1, -0.05) is 60.7 Å². The molecule has 3 aromatic rings. The Balaban J connectivity index is 1.30. The fourth-order valence-electron chi connectivity index (χ4n) is 3.84. The molecule has 4 heteroatoms. The molecule has 0 unspecified atom stereocenters. The van der Waals surface area contributed by atoms with Gasteiger partial charge in [-0.3, -0.25) is 9.69 Å². The second kappa shape index (κ2) is 9.10. The molecule has 0 aromatic heterocycles. The van der Waals surface area contributed by atoms with Crippen molar-refractivity contribution in [3.8, 4) is 5.75 Å². The number of ether oxygens (including phenoxy) is 1. The van der Waals surface area contributed by atoms with Gasteiger partial charge in [0.15, 0.2) is 6.10 Å². The van der Waals surface area contributed by atoms with Crippen molar-refractivity contribution >= 4 is 16.7 Å². The Morgan fingerprint density at radius 3 is 2.45 bits per heavy atom. The monoisotopic (exact) mass is 388 g/mol. The van der Waals surface area contributed by atoms with Gasteiger partial charge in [-0.2, -0.15) is 0 Å². The minimum Gasteiger partial charge on any atom is -0.480 e. The van der Waals surface area contributed by atoms with Gasteiger partial charge in [0, 0.05) is 18.5 Å². The number of fused-ring (bicyclic) bond motifs is 1. The van der Waals surface area contributed by atoms with Crippen molar-refractivity contribution in [2.75, 3.05) is 13.1 Å². The van der Waals surface area contributed by atoms with Crippen LogP contribution >= 0.6 is 0 Å².